The lowest BCUT2D eigenvalue weighted by Crippen LogP contribution is -2.41. The molecule has 0 radical (unpaired) electrons. The number of benzene rings is 7. The van der Waals surface area contributed by atoms with Crippen LogP contribution in [0.4, 0.5) is 0 Å². The minimum Gasteiger partial charge on any atom is -0.399 e. The molecule has 6 heteroatoms. The predicted octanol–water partition coefficient (Wildman–Crippen LogP) is 11.7. The molecule has 0 bridgehead atoms. The van der Waals surface area contributed by atoms with Gasteiger partial charge in [-0.1, -0.05) is 146 Å². The molecule has 0 spiro atoms. The first kappa shape index (κ1) is 34.2. The van der Waals surface area contributed by atoms with E-state index in [-0.39, 0.29) is 0 Å². The van der Waals surface area contributed by atoms with E-state index in [0.717, 1.165) is 66.4 Å². The molecular formula is C50H40BN3O2. The van der Waals surface area contributed by atoms with Crippen LogP contribution in [-0.2, 0) is 9.31 Å². The van der Waals surface area contributed by atoms with Gasteiger partial charge in [0.15, 0.2) is 11.5 Å². The monoisotopic (exact) mass is 725 g/mol. The van der Waals surface area contributed by atoms with Crippen LogP contribution < -0.4 is 5.46 Å². The van der Waals surface area contributed by atoms with Crippen LogP contribution in [0.1, 0.15) is 27.7 Å². The third-order valence-electron chi connectivity index (χ3n) is 11.7. The molecule has 0 aliphatic carbocycles. The summed E-state index contributed by atoms with van der Waals surface area (Å²) >= 11 is 0. The highest BCUT2D eigenvalue weighted by molar-refractivity contribution is 6.69. The maximum Gasteiger partial charge on any atom is 0.496 e. The van der Waals surface area contributed by atoms with Crippen LogP contribution in [0.5, 0.6) is 0 Å². The Morgan fingerprint density at radius 1 is 0.464 bits per heavy atom. The van der Waals surface area contributed by atoms with Gasteiger partial charge in [0.25, 0.3) is 0 Å². The van der Waals surface area contributed by atoms with Gasteiger partial charge < -0.3 is 9.31 Å². The number of pyridine rings is 1. The van der Waals surface area contributed by atoms with Crippen molar-refractivity contribution in [3.63, 3.8) is 0 Å². The summed E-state index contributed by atoms with van der Waals surface area (Å²) in [5, 5.41) is 9.67. The third-order valence-corrected chi connectivity index (χ3v) is 11.7. The summed E-state index contributed by atoms with van der Waals surface area (Å²) in [6, 6.07) is 57.8. The van der Waals surface area contributed by atoms with Crippen molar-refractivity contribution in [3.8, 4) is 55.9 Å². The molecule has 0 N–H and O–H groups in total. The topological polar surface area (TPSA) is 48.7 Å². The lowest BCUT2D eigenvalue weighted by Gasteiger charge is -2.32. The van der Waals surface area contributed by atoms with Gasteiger partial charge in [0.2, 0.25) is 0 Å². The highest BCUT2D eigenvalue weighted by atomic mass is 16.7. The summed E-state index contributed by atoms with van der Waals surface area (Å²) in [7, 11) is -0.486. The largest absolute Gasteiger partial charge is 0.496 e. The van der Waals surface area contributed by atoms with E-state index in [4.69, 9.17) is 19.4 Å². The quantitative estimate of drug-likeness (QED) is 0.126. The second-order valence-corrected chi connectivity index (χ2v) is 15.7. The Labute approximate surface area is 327 Å². The van der Waals surface area contributed by atoms with Crippen LogP contribution in [-0.4, -0.2) is 32.9 Å². The fourth-order valence-electron chi connectivity index (χ4n) is 8.11. The van der Waals surface area contributed by atoms with Crippen molar-refractivity contribution < 1.29 is 9.31 Å². The highest BCUT2D eigenvalue weighted by Gasteiger charge is 2.52. The SMILES string of the molecule is CC1(C)OB(c2c3ccccc3c(-c3cccc(-c4cccc(-c5nc6c(-c7ccccc7)cc(-c7ccccc7)cn6n5)c4)c3)c3ccccc23)OC1(C)C. The van der Waals surface area contributed by atoms with E-state index in [9.17, 15) is 0 Å². The fraction of sp³-hybridized carbons (Fsp3) is 0.120. The Morgan fingerprint density at radius 2 is 0.946 bits per heavy atom. The maximum absolute atomic E-state index is 6.68. The smallest absolute Gasteiger partial charge is 0.399 e. The molecule has 1 saturated heterocycles. The Bertz CT molecular complexity index is 2860. The predicted molar refractivity (Wildman–Crippen MR) is 231 cm³/mol. The fourth-order valence-corrected chi connectivity index (χ4v) is 8.11. The molecule has 5 nitrogen and oxygen atoms in total. The molecule has 0 amide bonds. The molecule has 7 aromatic carbocycles. The average molecular weight is 726 g/mol. The molecule has 1 fully saturated rings. The van der Waals surface area contributed by atoms with Crippen LogP contribution in [0.3, 0.4) is 0 Å². The van der Waals surface area contributed by atoms with Crippen molar-refractivity contribution in [1.29, 1.82) is 0 Å². The van der Waals surface area contributed by atoms with Crippen molar-refractivity contribution in [2.75, 3.05) is 0 Å². The average Bonchev–Trinajstić information content (AvgIpc) is 3.76. The number of fused-ring (bicyclic) bond motifs is 3. The van der Waals surface area contributed by atoms with Gasteiger partial charge in [0.1, 0.15) is 0 Å². The zero-order valence-electron chi connectivity index (χ0n) is 31.9. The second kappa shape index (κ2) is 13.2. The standard InChI is InChI=1S/C50H40BN3O2/c1-49(2)50(3,4)56-51(55-49)46-42-27-13-11-25-40(42)45(41-26-12-14-28-43(41)46)37-23-15-21-35(29-37)36-22-16-24-38(30-36)47-52-48-44(34-19-9-6-10-20-34)31-39(32-54(48)53-47)33-17-7-5-8-18-33/h5-32H,1-4H3. The highest BCUT2D eigenvalue weighted by Crippen LogP contribution is 2.42. The molecule has 10 rings (SSSR count). The number of nitrogens with zero attached hydrogens (tertiary/aromatic N) is 3. The van der Waals surface area contributed by atoms with Gasteiger partial charge in [0, 0.05) is 22.9 Å². The molecule has 56 heavy (non-hydrogen) atoms. The second-order valence-electron chi connectivity index (χ2n) is 15.7. The van der Waals surface area contributed by atoms with E-state index in [0.29, 0.717) is 5.82 Å². The molecule has 3 heterocycles. The summed E-state index contributed by atoms with van der Waals surface area (Å²) < 4.78 is 15.3. The molecule has 2 aromatic heterocycles. The Hall–Kier alpha value is -6.34. The number of rotatable bonds is 6. The van der Waals surface area contributed by atoms with Gasteiger partial charge in [-0.15, -0.1) is 5.10 Å². The van der Waals surface area contributed by atoms with E-state index in [1.165, 1.54) is 16.3 Å². The van der Waals surface area contributed by atoms with Crippen LogP contribution in [0.15, 0.2) is 170 Å². The third kappa shape index (κ3) is 5.72. The molecule has 0 atom stereocenters. The van der Waals surface area contributed by atoms with E-state index >= 15 is 0 Å². The molecule has 1 aliphatic rings. The summed E-state index contributed by atoms with van der Waals surface area (Å²) in [5.41, 5.74) is 10.9. The zero-order chi connectivity index (χ0) is 38.0. The molecular weight excluding hydrogens is 685 g/mol. The first-order chi connectivity index (χ1) is 27.2. The lowest BCUT2D eigenvalue weighted by molar-refractivity contribution is 0.00578. The van der Waals surface area contributed by atoms with Crippen molar-refractivity contribution in [3.05, 3.63) is 170 Å². The van der Waals surface area contributed by atoms with E-state index in [1.807, 2.05) is 16.6 Å². The van der Waals surface area contributed by atoms with Gasteiger partial charge in [-0.25, -0.2) is 9.50 Å². The van der Waals surface area contributed by atoms with Gasteiger partial charge in [-0.3, -0.25) is 0 Å². The van der Waals surface area contributed by atoms with Crippen LogP contribution in [0.25, 0.3) is 83.1 Å². The van der Waals surface area contributed by atoms with E-state index < -0.39 is 18.3 Å². The first-order valence-corrected chi connectivity index (χ1v) is 19.3. The molecule has 0 saturated carbocycles. The zero-order valence-corrected chi connectivity index (χ0v) is 31.9. The van der Waals surface area contributed by atoms with Crippen molar-refractivity contribution in [2.45, 2.75) is 38.9 Å². The lowest BCUT2D eigenvalue weighted by atomic mass is 9.71. The Kier molecular flexibility index (Phi) is 8.03. The van der Waals surface area contributed by atoms with Crippen LogP contribution in [0.2, 0.25) is 0 Å². The molecule has 9 aromatic rings. The van der Waals surface area contributed by atoms with Gasteiger partial charge >= 0.3 is 7.12 Å². The summed E-state index contributed by atoms with van der Waals surface area (Å²) in [4.78, 5) is 5.15. The van der Waals surface area contributed by atoms with Crippen molar-refractivity contribution in [1.82, 2.24) is 14.6 Å². The van der Waals surface area contributed by atoms with Crippen molar-refractivity contribution >= 4 is 39.8 Å². The number of hydrogen-bond acceptors (Lipinski definition) is 4. The summed E-state index contributed by atoms with van der Waals surface area (Å²) in [6.45, 7) is 8.45. The normalized spacial score (nSPS) is 14.9. The van der Waals surface area contributed by atoms with E-state index in [1.54, 1.807) is 0 Å². The van der Waals surface area contributed by atoms with Gasteiger partial charge in [-0.2, -0.15) is 0 Å². The number of hydrogen-bond donors (Lipinski definition) is 0. The Balaban J connectivity index is 1.08. The molecule has 0 unspecified atom stereocenters. The first-order valence-electron chi connectivity index (χ1n) is 19.3. The molecule has 1 aliphatic heterocycles. The van der Waals surface area contributed by atoms with Gasteiger partial charge in [0.05, 0.1) is 11.2 Å². The summed E-state index contributed by atoms with van der Waals surface area (Å²) in [5.74, 6) is 0.681. The van der Waals surface area contributed by atoms with Gasteiger partial charge in [-0.05, 0) is 106 Å². The van der Waals surface area contributed by atoms with Crippen molar-refractivity contribution in [2.24, 2.45) is 0 Å². The minimum atomic E-state index is -0.486. The Morgan fingerprint density at radius 3 is 1.55 bits per heavy atom. The number of aromatic nitrogens is 3. The van der Waals surface area contributed by atoms with Crippen LogP contribution >= 0.6 is 0 Å². The maximum atomic E-state index is 6.68. The molecule has 270 valence electrons. The van der Waals surface area contributed by atoms with Crippen LogP contribution in [0, 0.1) is 0 Å². The van der Waals surface area contributed by atoms with E-state index in [2.05, 4.69) is 186 Å². The summed E-state index contributed by atoms with van der Waals surface area (Å²) in [6.07, 6.45) is 2.08. The minimum absolute atomic E-state index is 0.449.